The highest BCUT2D eigenvalue weighted by atomic mass is 16.5. The summed E-state index contributed by atoms with van der Waals surface area (Å²) in [6.45, 7) is 1.69. The Bertz CT molecular complexity index is 590. The number of nitrogens with one attached hydrogen (secondary N) is 2. The standard InChI is InChI=1S/C12H14N4O4/c1-7-4-15-20-10(7)11(17)16-9(12(18)19-2)3-8-5-13-6-14-8/h4-6,9H,3H2,1-2H3,(H,13,14)(H,16,17)/t9-/m0/s1. The van der Waals surface area contributed by atoms with Gasteiger partial charge < -0.3 is 19.6 Å². The number of methoxy groups -OCH3 is 1. The molecule has 2 heterocycles. The van der Waals surface area contributed by atoms with Crippen molar-refractivity contribution in [1.82, 2.24) is 20.4 Å². The fraction of sp³-hybridized carbons (Fsp3) is 0.333. The maximum Gasteiger partial charge on any atom is 0.328 e. The zero-order chi connectivity index (χ0) is 14.5. The number of ether oxygens (including phenoxy) is 1. The van der Waals surface area contributed by atoms with E-state index in [-0.39, 0.29) is 12.2 Å². The van der Waals surface area contributed by atoms with Gasteiger partial charge >= 0.3 is 5.97 Å². The van der Waals surface area contributed by atoms with E-state index in [2.05, 4.69) is 25.2 Å². The Hall–Kier alpha value is -2.64. The fourth-order valence-corrected chi connectivity index (χ4v) is 1.68. The number of hydrogen-bond acceptors (Lipinski definition) is 6. The molecule has 20 heavy (non-hydrogen) atoms. The molecule has 106 valence electrons. The molecule has 0 aliphatic rings. The Morgan fingerprint density at radius 3 is 2.85 bits per heavy atom. The van der Waals surface area contributed by atoms with Crippen molar-refractivity contribution in [1.29, 1.82) is 0 Å². The van der Waals surface area contributed by atoms with E-state index in [4.69, 9.17) is 4.52 Å². The normalized spacial score (nSPS) is 11.9. The van der Waals surface area contributed by atoms with E-state index in [1.165, 1.54) is 19.6 Å². The first kappa shape index (κ1) is 13.8. The first-order valence-electron chi connectivity index (χ1n) is 5.89. The van der Waals surface area contributed by atoms with Gasteiger partial charge in [0, 0.05) is 23.9 Å². The average molecular weight is 278 g/mol. The molecule has 0 aromatic carbocycles. The quantitative estimate of drug-likeness (QED) is 0.757. The van der Waals surface area contributed by atoms with E-state index in [9.17, 15) is 9.59 Å². The molecule has 2 rings (SSSR count). The van der Waals surface area contributed by atoms with Crippen LogP contribution in [0.4, 0.5) is 0 Å². The van der Waals surface area contributed by atoms with Gasteiger partial charge in [0.1, 0.15) is 6.04 Å². The van der Waals surface area contributed by atoms with Crippen molar-refractivity contribution in [2.45, 2.75) is 19.4 Å². The molecule has 2 aromatic rings. The topological polar surface area (TPSA) is 110 Å². The maximum absolute atomic E-state index is 12.0. The minimum Gasteiger partial charge on any atom is -0.467 e. The van der Waals surface area contributed by atoms with Crippen molar-refractivity contribution >= 4 is 11.9 Å². The molecule has 0 radical (unpaired) electrons. The number of rotatable bonds is 5. The van der Waals surface area contributed by atoms with Crippen LogP contribution >= 0.6 is 0 Å². The van der Waals surface area contributed by atoms with Gasteiger partial charge in [-0.05, 0) is 6.92 Å². The molecule has 8 heteroatoms. The lowest BCUT2D eigenvalue weighted by atomic mass is 10.1. The highest BCUT2D eigenvalue weighted by molar-refractivity contribution is 5.95. The van der Waals surface area contributed by atoms with Crippen molar-refractivity contribution in [3.8, 4) is 0 Å². The number of hydrogen-bond donors (Lipinski definition) is 2. The second-order valence-corrected chi connectivity index (χ2v) is 4.17. The number of aryl methyl sites for hydroxylation is 1. The lowest BCUT2D eigenvalue weighted by molar-refractivity contribution is -0.142. The number of imidazole rings is 1. The largest absolute Gasteiger partial charge is 0.467 e. The van der Waals surface area contributed by atoms with Gasteiger partial charge in [0.2, 0.25) is 5.76 Å². The number of amides is 1. The molecule has 0 bridgehead atoms. The van der Waals surface area contributed by atoms with E-state index in [1.807, 2.05) is 0 Å². The summed E-state index contributed by atoms with van der Waals surface area (Å²) in [7, 11) is 1.26. The van der Waals surface area contributed by atoms with Crippen molar-refractivity contribution in [2.24, 2.45) is 0 Å². The lowest BCUT2D eigenvalue weighted by Gasteiger charge is -2.14. The van der Waals surface area contributed by atoms with Gasteiger partial charge in [0.25, 0.3) is 5.91 Å². The molecular formula is C12H14N4O4. The SMILES string of the molecule is COC(=O)[C@H](Cc1cnc[nH]1)NC(=O)c1oncc1C. The van der Waals surface area contributed by atoms with Crippen molar-refractivity contribution < 1.29 is 18.8 Å². The van der Waals surface area contributed by atoms with E-state index in [1.54, 1.807) is 13.1 Å². The molecule has 0 fully saturated rings. The number of aromatic nitrogens is 3. The van der Waals surface area contributed by atoms with E-state index < -0.39 is 17.9 Å². The number of carbonyl (C=O) groups excluding carboxylic acids is 2. The summed E-state index contributed by atoms with van der Waals surface area (Å²) in [6.07, 6.45) is 4.73. The number of H-pyrrole nitrogens is 1. The van der Waals surface area contributed by atoms with Crippen LogP contribution in [-0.4, -0.2) is 40.2 Å². The molecule has 2 N–H and O–H groups in total. The molecular weight excluding hydrogens is 264 g/mol. The molecule has 0 spiro atoms. The summed E-state index contributed by atoms with van der Waals surface area (Å²) in [5.41, 5.74) is 1.29. The summed E-state index contributed by atoms with van der Waals surface area (Å²) >= 11 is 0. The summed E-state index contributed by atoms with van der Waals surface area (Å²) in [6, 6.07) is -0.836. The maximum atomic E-state index is 12.0. The first-order chi connectivity index (χ1) is 9.61. The molecule has 1 atom stereocenters. The van der Waals surface area contributed by atoms with Crippen molar-refractivity contribution in [2.75, 3.05) is 7.11 Å². The zero-order valence-electron chi connectivity index (χ0n) is 11.0. The first-order valence-corrected chi connectivity index (χ1v) is 5.89. The van der Waals surface area contributed by atoms with Crippen LogP contribution in [0.1, 0.15) is 21.8 Å². The van der Waals surface area contributed by atoms with Crippen LogP contribution < -0.4 is 5.32 Å². The van der Waals surface area contributed by atoms with E-state index >= 15 is 0 Å². The lowest BCUT2D eigenvalue weighted by Crippen LogP contribution is -2.43. The molecule has 8 nitrogen and oxygen atoms in total. The molecule has 0 aliphatic heterocycles. The average Bonchev–Trinajstić information content (AvgIpc) is 3.08. The van der Waals surface area contributed by atoms with Crippen LogP contribution in [0.25, 0.3) is 0 Å². The van der Waals surface area contributed by atoms with Crippen molar-refractivity contribution in [3.05, 3.63) is 35.7 Å². The van der Waals surface area contributed by atoms with Crippen LogP contribution in [0.5, 0.6) is 0 Å². The van der Waals surface area contributed by atoms with Gasteiger partial charge in [0.15, 0.2) is 0 Å². The number of carbonyl (C=O) groups is 2. The van der Waals surface area contributed by atoms with Gasteiger partial charge in [-0.25, -0.2) is 9.78 Å². The highest BCUT2D eigenvalue weighted by Crippen LogP contribution is 2.07. The third-order valence-corrected chi connectivity index (χ3v) is 2.72. The van der Waals surface area contributed by atoms with Crippen LogP contribution in [0.15, 0.2) is 23.2 Å². The number of esters is 1. The summed E-state index contributed by atoms with van der Waals surface area (Å²) < 4.78 is 9.52. The Balaban J connectivity index is 2.10. The van der Waals surface area contributed by atoms with Gasteiger partial charge in [-0.15, -0.1) is 0 Å². The third-order valence-electron chi connectivity index (χ3n) is 2.72. The molecule has 0 unspecified atom stereocenters. The van der Waals surface area contributed by atoms with Crippen molar-refractivity contribution in [3.63, 3.8) is 0 Å². The van der Waals surface area contributed by atoms with Crippen LogP contribution in [0.3, 0.4) is 0 Å². The Morgan fingerprint density at radius 2 is 2.30 bits per heavy atom. The predicted octanol–water partition coefficient (Wildman–Crippen LogP) is 0.220. The monoisotopic (exact) mass is 278 g/mol. The Kier molecular flexibility index (Phi) is 4.14. The second kappa shape index (κ2) is 6.00. The minimum absolute atomic E-state index is 0.0727. The van der Waals surface area contributed by atoms with Gasteiger partial charge in [0.05, 0.1) is 19.6 Å². The van der Waals surface area contributed by atoms with Crippen LogP contribution in [-0.2, 0) is 16.0 Å². The summed E-state index contributed by atoms with van der Waals surface area (Å²) in [4.78, 5) is 30.4. The Morgan fingerprint density at radius 1 is 1.50 bits per heavy atom. The van der Waals surface area contributed by atoms with Gasteiger partial charge in [-0.1, -0.05) is 5.16 Å². The molecule has 1 amide bonds. The van der Waals surface area contributed by atoms with E-state index in [0.717, 1.165) is 0 Å². The van der Waals surface area contributed by atoms with Crippen LogP contribution in [0.2, 0.25) is 0 Å². The summed E-state index contributed by atoms with van der Waals surface area (Å²) in [5, 5.41) is 6.08. The van der Waals surface area contributed by atoms with Crippen LogP contribution in [0, 0.1) is 6.92 Å². The molecule has 0 aliphatic carbocycles. The Labute approximate surface area is 114 Å². The molecule has 2 aromatic heterocycles. The highest BCUT2D eigenvalue weighted by Gasteiger charge is 2.25. The number of aromatic amines is 1. The van der Waals surface area contributed by atoms with Gasteiger partial charge in [-0.3, -0.25) is 4.79 Å². The molecule has 0 saturated heterocycles. The van der Waals surface area contributed by atoms with Gasteiger partial charge in [-0.2, -0.15) is 0 Å². The minimum atomic E-state index is -0.836. The second-order valence-electron chi connectivity index (χ2n) is 4.17. The zero-order valence-corrected chi connectivity index (χ0v) is 11.0. The number of nitrogens with zero attached hydrogens (tertiary/aromatic N) is 2. The smallest absolute Gasteiger partial charge is 0.328 e. The fourth-order valence-electron chi connectivity index (χ4n) is 1.68. The van der Waals surface area contributed by atoms with E-state index in [0.29, 0.717) is 11.3 Å². The molecule has 0 saturated carbocycles. The third kappa shape index (κ3) is 3.02. The summed E-state index contributed by atoms with van der Waals surface area (Å²) in [5.74, 6) is -0.997. The predicted molar refractivity (Wildman–Crippen MR) is 66.8 cm³/mol.